The van der Waals surface area contributed by atoms with Gasteiger partial charge in [0, 0.05) is 28.2 Å². The van der Waals surface area contributed by atoms with Crippen molar-refractivity contribution in [1.29, 1.82) is 0 Å². The molecule has 1 heterocycles. The van der Waals surface area contributed by atoms with Gasteiger partial charge in [-0.25, -0.2) is 4.39 Å². The number of aromatic amines is 1. The quantitative estimate of drug-likeness (QED) is 0.535. The molecule has 2 nitrogen and oxygen atoms in total. The number of aromatic nitrogens is 1. The first-order valence-corrected chi connectivity index (χ1v) is 6.34. The summed E-state index contributed by atoms with van der Waals surface area (Å²) in [6.45, 7) is 0. The van der Waals surface area contributed by atoms with Crippen molar-refractivity contribution in [2.75, 3.05) is 0 Å². The van der Waals surface area contributed by atoms with Gasteiger partial charge in [0.05, 0.1) is 5.56 Å². The van der Waals surface area contributed by atoms with Crippen LogP contribution in [0, 0.1) is 5.82 Å². The van der Waals surface area contributed by atoms with Crippen LogP contribution in [-0.2, 0) is 6.18 Å². The van der Waals surface area contributed by atoms with Crippen molar-refractivity contribution in [2.24, 2.45) is 0 Å². The minimum absolute atomic E-state index is 0.132. The van der Waals surface area contributed by atoms with E-state index >= 15 is 0 Å². The Labute approximate surface area is 122 Å². The summed E-state index contributed by atoms with van der Waals surface area (Å²) in [6, 6.07) is 7.26. The molecule has 0 unspecified atom stereocenters. The lowest BCUT2D eigenvalue weighted by molar-refractivity contribution is -0.137. The SMILES string of the molecule is O=Cc1c[nH]c2ccc(-c3ccc(C(F)(F)F)cc3)c(F)c12. The number of carbonyl (C=O) groups excluding carboxylic acids is 1. The second kappa shape index (κ2) is 4.98. The van der Waals surface area contributed by atoms with Gasteiger partial charge < -0.3 is 4.98 Å². The first-order chi connectivity index (χ1) is 10.4. The Morgan fingerprint density at radius 2 is 1.68 bits per heavy atom. The van der Waals surface area contributed by atoms with Gasteiger partial charge in [-0.05, 0) is 29.8 Å². The number of fused-ring (bicyclic) bond motifs is 1. The number of hydrogen-bond acceptors (Lipinski definition) is 1. The Balaban J connectivity index is 2.14. The van der Waals surface area contributed by atoms with Crippen LogP contribution in [0.3, 0.4) is 0 Å². The Morgan fingerprint density at radius 3 is 2.27 bits per heavy atom. The molecule has 2 aromatic carbocycles. The molecule has 0 aliphatic rings. The predicted octanol–water partition coefficient (Wildman–Crippen LogP) is 4.81. The Kier molecular flexibility index (Phi) is 3.24. The average molecular weight is 307 g/mol. The number of hydrogen-bond donors (Lipinski definition) is 1. The van der Waals surface area contributed by atoms with E-state index in [1.165, 1.54) is 24.4 Å². The third-order valence-electron chi connectivity index (χ3n) is 3.46. The molecule has 22 heavy (non-hydrogen) atoms. The van der Waals surface area contributed by atoms with Crippen molar-refractivity contribution in [1.82, 2.24) is 4.98 Å². The van der Waals surface area contributed by atoms with Crippen molar-refractivity contribution >= 4 is 17.2 Å². The normalized spacial score (nSPS) is 11.8. The van der Waals surface area contributed by atoms with Crippen LogP contribution in [0.1, 0.15) is 15.9 Å². The van der Waals surface area contributed by atoms with E-state index in [0.717, 1.165) is 12.1 Å². The van der Waals surface area contributed by atoms with Crippen LogP contribution in [0.5, 0.6) is 0 Å². The molecule has 0 saturated carbocycles. The summed E-state index contributed by atoms with van der Waals surface area (Å²) in [6.07, 6.45) is -2.53. The van der Waals surface area contributed by atoms with E-state index in [-0.39, 0.29) is 16.5 Å². The summed E-state index contributed by atoms with van der Waals surface area (Å²) in [5.74, 6) is -0.638. The molecule has 6 heteroatoms. The number of halogens is 4. The van der Waals surface area contributed by atoms with E-state index < -0.39 is 17.6 Å². The fourth-order valence-electron chi connectivity index (χ4n) is 2.36. The zero-order chi connectivity index (χ0) is 15.9. The molecule has 3 rings (SSSR count). The minimum atomic E-state index is -4.44. The molecule has 0 atom stereocenters. The van der Waals surface area contributed by atoms with Gasteiger partial charge >= 0.3 is 6.18 Å². The van der Waals surface area contributed by atoms with Crippen molar-refractivity contribution < 1.29 is 22.4 Å². The number of alkyl halides is 3. The minimum Gasteiger partial charge on any atom is -0.360 e. The highest BCUT2D eigenvalue weighted by Crippen LogP contribution is 2.33. The van der Waals surface area contributed by atoms with Crippen LogP contribution in [0.2, 0.25) is 0 Å². The number of H-pyrrole nitrogens is 1. The van der Waals surface area contributed by atoms with E-state index in [1.54, 1.807) is 6.07 Å². The average Bonchev–Trinajstić information content (AvgIpc) is 2.91. The second-order valence-electron chi connectivity index (χ2n) is 4.79. The van der Waals surface area contributed by atoms with Gasteiger partial charge in [0.25, 0.3) is 0 Å². The van der Waals surface area contributed by atoms with Crippen molar-refractivity contribution in [3.63, 3.8) is 0 Å². The summed E-state index contributed by atoms with van der Waals surface area (Å²) in [5, 5.41) is 0.132. The molecule has 0 bridgehead atoms. The fraction of sp³-hybridized carbons (Fsp3) is 0.0625. The molecule has 3 aromatic rings. The standard InChI is InChI=1S/C16H9F4NO/c17-15-12(5-6-13-14(15)10(8-22)7-21-13)9-1-3-11(4-2-9)16(18,19)20/h1-8,21H. The number of benzene rings is 2. The smallest absolute Gasteiger partial charge is 0.360 e. The molecule has 1 N–H and O–H groups in total. The largest absolute Gasteiger partial charge is 0.416 e. The van der Waals surface area contributed by atoms with E-state index in [0.29, 0.717) is 17.4 Å². The van der Waals surface area contributed by atoms with Gasteiger partial charge in [-0.1, -0.05) is 12.1 Å². The Morgan fingerprint density at radius 1 is 1.00 bits per heavy atom. The molecule has 0 amide bonds. The van der Waals surface area contributed by atoms with E-state index in [4.69, 9.17) is 0 Å². The maximum Gasteiger partial charge on any atom is 0.416 e. The molecule has 1 aromatic heterocycles. The molecule has 112 valence electrons. The van der Waals surface area contributed by atoms with Crippen LogP contribution in [0.15, 0.2) is 42.6 Å². The summed E-state index contributed by atoms with van der Waals surface area (Å²) in [4.78, 5) is 13.7. The first kappa shape index (κ1) is 14.3. The van der Waals surface area contributed by atoms with Gasteiger partial charge in [-0.2, -0.15) is 13.2 Å². The molecule has 0 aliphatic heterocycles. The van der Waals surface area contributed by atoms with E-state index in [9.17, 15) is 22.4 Å². The third kappa shape index (κ3) is 2.26. The summed E-state index contributed by atoms with van der Waals surface area (Å²) in [7, 11) is 0. The van der Waals surface area contributed by atoms with Crippen molar-refractivity contribution in [2.45, 2.75) is 6.18 Å². The van der Waals surface area contributed by atoms with E-state index in [1.807, 2.05) is 0 Å². The molecule has 0 radical (unpaired) electrons. The maximum absolute atomic E-state index is 14.6. The van der Waals surface area contributed by atoms with Gasteiger partial charge in [-0.15, -0.1) is 0 Å². The lowest BCUT2D eigenvalue weighted by Crippen LogP contribution is -2.04. The van der Waals surface area contributed by atoms with Crippen LogP contribution in [0.4, 0.5) is 17.6 Å². The highest BCUT2D eigenvalue weighted by molar-refractivity contribution is 5.99. The Hall–Kier alpha value is -2.63. The summed E-state index contributed by atoms with van der Waals surface area (Å²) < 4.78 is 52.2. The number of rotatable bonds is 2. The van der Waals surface area contributed by atoms with Crippen molar-refractivity contribution in [3.8, 4) is 11.1 Å². The predicted molar refractivity (Wildman–Crippen MR) is 74.1 cm³/mol. The summed E-state index contributed by atoms with van der Waals surface area (Å²) >= 11 is 0. The first-order valence-electron chi connectivity index (χ1n) is 6.34. The van der Waals surface area contributed by atoms with Gasteiger partial charge in [0.15, 0.2) is 6.29 Å². The van der Waals surface area contributed by atoms with Gasteiger partial charge in [0.1, 0.15) is 5.82 Å². The molecular formula is C16H9F4NO. The molecule has 0 saturated heterocycles. The highest BCUT2D eigenvalue weighted by atomic mass is 19.4. The highest BCUT2D eigenvalue weighted by Gasteiger charge is 2.30. The van der Waals surface area contributed by atoms with Crippen molar-refractivity contribution in [3.05, 3.63) is 59.5 Å². The zero-order valence-corrected chi connectivity index (χ0v) is 11.0. The fourth-order valence-corrected chi connectivity index (χ4v) is 2.36. The van der Waals surface area contributed by atoms with Gasteiger partial charge in [-0.3, -0.25) is 4.79 Å². The Bertz CT molecular complexity index is 847. The maximum atomic E-state index is 14.6. The topological polar surface area (TPSA) is 32.9 Å². The number of carbonyl (C=O) groups is 1. The van der Waals surface area contributed by atoms with Crippen LogP contribution >= 0.6 is 0 Å². The van der Waals surface area contributed by atoms with Crippen LogP contribution in [0.25, 0.3) is 22.0 Å². The summed E-state index contributed by atoms with van der Waals surface area (Å²) in [5.41, 5.74) is 0.277. The van der Waals surface area contributed by atoms with Gasteiger partial charge in [0.2, 0.25) is 0 Å². The molecule has 0 aliphatic carbocycles. The second-order valence-corrected chi connectivity index (χ2v) is 4.79. The monoisotopic (exact) mass is 307 g/mol. The lowest BCUT2D eigenvalue weighted by atomic mass is 10.0. The molecule has 0 spiro atoms. The number of nitrogens with one attached hydrogen (secondary N) is 1. The molecular weight excluding hydrogens is 298 g/mol. The molecule has 0 fully saturated rings. The lowest BCUT2D eigenvalue weighted by Gasteiger charge is -2.09. The van der Waals surface area contributed by atoms with Crippen LogP contribution < -0.4 is 0 Å². The van der Waals surface area contributed by atoms with E-state index in [2.05, 4.69) is 4.98 Å². The zero-order valence-electron chi connectivity index (χ0n) is 11.0. The van der Waals surface area contributed by atoms with Crippen LogP contribution in [-0.4, -0.2) is 11.3 Å². The third-order valence-corrected chi connectivity index (χ3v) is 3.46. The number of aldehydes is 1.